The van der Waals surface area contributed by atoms with E-state index in [2.05, 4.69) is 0 Å². The zero-order valence-corrected chi connectivity index (χ0v) is 8.64. The van der Waals surface area contributed by atoms with Gasteiger partial charge in [-0.05, 0) is 5.56 Å². The van der Waals surface area contributed by atoms with Crippen LogP contribution in [0.3, 0.4) is 0 Å². The number of hydrogen-bond acceptors (Lipinski definition) is 2. The number of rotatable bonds is 3. The lowest BCUT2D eigenvalue weighted by Crippen LogP contribution is -2.53. The van der Waals surface area contributed by atoms with Crippen molar-refractivity contribution < 1.29 is 14.6 Å². The lowest BCUT2D eigenvalue weighted by molar-refractivity contribution is -0.155. The molecule has 3 heteroatoms. The number of benzene rings is 1. The summed E-state index contributed by atoms with van der Waals surface area (Å²) in [6.45, 7) is 2.76. The third-order valence-corrected chi connectivity index (χ3v) is 3.27. The lowest BCUT2D eigenvalue weighted by Gasteiger charge is -2.44. The zero-order valence-electron chi connectivity index (χ0n) is 8.64. The van der Waals surface area contributed by atoms with Crippen molar-refractivity contribution >= 4 is 5.97 Å². The molecule has 0 spiro atoms. The number of hydrogen-bond donors (Lipinski definition) is 1. The van der Waals surface area contributed by atoms with Crippen LogP contribution in [0.2, 0.25) is 0 Å². The maximum Gasteiger partial charge on any atom is 0.307 e. The van der Waals surface area contributed by atoms with Crippen LogP contribution in [0, 0.1) is 5.92 Å². The summed E-state index contributed by atoms with van der Waals surface area (Å²) < 4.78 is 5.20. The molecule has 80 valence electrons. The van der Waals surface area contributed by atoms with Gasteiger partial charge in [-0.3, -0.25) is 4.79 Å². The van der Waals surface area contributed by atoms with E-state index < -0.39 is 11.9 Å². The van der Waals surface area contributed by atoms with Gasteiger partial charge >= 0.3 is 5.97 Å². The van der Waals surface area contributed by atoms with Gasteiger partial charge in [0.2, 0.25) is 0 Å². The van der Waals surface area contributed by atoms with Crippen LogP contribution in [0.4, 0.5) is 0 Å². The molecule has 1 heterocycles. The van der Waals surface area contributed by atoms with E-state index in [0.29, 0.717) is 13.2 Å². The molecule has 2 rings (SSSR count). The van der Waals surface area contributed by atoms with Crippen molar-refractivity contribution in [3.8, 4) is 0 Å². The first kappa shape index (κ1) is 10.2. The minimum Gasteiger partial charge on any atom is -0.481 e. The molecule has 1 fully saturated rings. The van der Waals surface area contributed by atoms with Crippen LogP contribution >= 0.6 is 0 Å². The van der Waals surface area contributed by atoms with Crippen LogP contribution < -0.4 is 0 Å². The van der Waals surface area contributed by atoms with Gasteiger partial charge in [-0.1, -0.05) is 37.3 Å². The molecule has 1 saturated heterocycles. The lowest BCUT2D eigenvalue weighted by atomic mass is 9.69. The summed E-state index contributed by atoms with van der Waals surface area (Å²) in [6.07, 6.45) is 0. The second kappa shape index (κ2) is 3.66. The van der Waals surface area contributed by atoms with Crippen LogP contribution in [0.15, 0.2) is 30.3 Å². The van der Waals surface area contributed by atoms with Gasteiger partial charge in [-0.15, -0.1) is 0 Å². The molecule has 1 aliphatic rings. The van der Waals surface area contributed by atoms with E-state index in [1.165, 1.54) is 0 Å². The molecule has 0 aromatic heterocycles. The van der Waals surface area contributed by atoms with Crippen molar-refractivity contribution in [1.82, 2.24) is 0 Å². The Morgan fingerprint density at radius 1 is 1.40 bits per heavy atom. The van der Waals surface area contributed by atoms with Gasteiger partial charge < -0.3 is 9.84 Å². The smallest absolute Gasteiger partial charge is 0.307 e. The second-order valence-corrected chi connectivity index (χ2v) is 4.07. The fraction of sp³-hybridized carbons (Fsp3) is 0.417. The summed E-state index contributed by atoms with van der Waals surface area (Å²) in [7, 11) is 0. The molecule has 0 radical (unpaired) electrons. The first-order chi connectivity index (χ1) is 7.17. The summed E-state index contributed by atoms with van der Waals surface area (Å²) in [5.74, 6) is -1.17. The predicted octanol–water partition coefficient (Wildman–Crippen LogP) is 1.68. The molecule has 0 saturated carbocycles. The highest BCUT2D eigenvalue weighted by Crippen LogP contribution is 2.39. The summed E-state index contributed by atoms with van der Waals surface area (Å²) in [4.78, 5) is 11.1. The van der Waals surface area contributed by atoms with Crippen molar-refractivity contribution in [2.45, 2.75) is 12.3 Å². The molecule has 1 unspecified atom stereocenters. The molecule has 0 aliphatic carbocycles. The number of aliphatic carboxylic acids is 1. The Labute approximate surface area is 88.7 Å². The molecular formula is C12H14O3. The Morgan fingerprint density at radius 3 is 2.40 bits per heavy atom. The molecule has 0 bridgehead atoms. The summed E-state index contributed by atoms with van der Waals surface area (Å²) in [5.41, 5.74) is 0.735. The normalized spacial score (nSPS) is 20.3. The van der Waals surface area contributed by atoms with Crippen molar-refractivity contribution in [2.24, 2.45) is 5.92 Å². The maximum atomic E-state index is 11.1. The topological polar surface area (TPSA) is 46.5 Å². The average molecular weight is 206 g/mol. The molecular weight excluding hydrogens is 192 g/mol. The van der Waals surface area contributed by atoms with E-state index in [1.807, 2.05) is 30.3 Å². The fourth-order valence-corrected chi connectivity index (χ4v) is 2.00. The van der Waals surface area contributed by atoms with Gasteiger partial charge in [-0.25, -0.2) is 0 Å². The first-order valence-electron chi connectivity index (χ1n) is 5.03. The SMILES string of the molecule is CC(C(=O)O)C1(c2ccccc2)COC1. The Bertz CT molecular complexity index is 354. The van der Waals surface area contributed by atoms with E-state index in [1.54, 1.807) is 6.92 Å². The second-order valence-electron chi connectivity index (χ2n) is 4.07. The maximum absolute atomic E-state index is 11.1. The largest absolute Gasteiger partial charge is 0.481 e. The molecule has 1 aromatic rings. The number of carbonyl (C=O) groups is 1. The van der Waals surface area contributed by atoms with Crippen LogP contribution in [0.1, 0.15) is 12.5 Å². The average Bonchev–Trinajstić information content (AvgIpc) is 2.17. The third kappa shape index (κ3) is 1.53. The molecule has 1 N–H and O–H groups in total. The van der Waals surface area contributed by atoms with Crippen molar-refractivity contribution in [2.75, 3.05) is 13.2 Å². The Morgan fingerprint density at radius 2 is 2.00 bits per heavy atom. The van der Waals surface area contributed by atoms with Gasteiger partial charge in [0.15, 0.2) is 0 Å². The minimum absolute atomic E-state index is 0.326. The molecule has 3 nitrogen and oxygen atoms in total. The van der Waals surface area contributed by atoms with Gasteiger partial charge in [0.05, 0.1) is 24.5 Å². The quantitative estimate of drug-likeness (QED) is 0.818. The highest BCUT2D eigenvalue weighted by molar-refractivity contribution is 5.72. The van der Waals surface area contributed by atoms with Crippen LogP contribution in [-0.2, 0) is 14.9 Å². The van der Waals surface area contributed by atoms with Crippen molar-refractivity contribution in [3.05, 3.63) is 35.9 Å². The van der Waals surface area contributed by atoms with Crippen LogP contribution in [0.5, 0.6) is 0 Å². The monoisotopic (exact) mass is 206 g/mol. The van der Waals surface area contributed by atoms with Gasteiger partial charge in [0.25, 0.3) is 0 Å². The standard InChI is InChI=1S/C12H14O3/c1-9(11(13)14)12(7-15-8-12)10-5-3-2-4-6-10/h2-6,9H,7-8H2,1H3,(H,13,14). The highest BCUT2D eigenvalue weighted by Gasteiger charge is 2.48. The van der Waals surface area contributed by atoms with Crippen molar-refractivity contribution in [1.29, 1.82) is 0 Å². The number of carboxylic acids is 1. The Balaban J connectivity index is 2.34. The van der Waals surface area contributed by atoms with E-state index in [4.69, 9.17) is 9.84 Å². The van der Waals surface area contributed by atoms with E-state index in [0.717, 1.165) is 5.56 Å². The van der Waals surface area contributed by atoms with Gasteiger partial charge in [0, 0.05) is 0 Å². The Hall–Kier alpha value is -1.35. The number of ether oxygens (including phenoxy) is 1. The molecule has 15 heavy (non-hydrogen) atoms. The molecule has 1 aliphatic heterocycles. The van der Waals surface area contributed by atoms with Gasteiger partial charge in [0.1, 0.15) is 0 Å². The summed E-state index contributed by atoms with van der Waals surface area (Å²) in [6, 6.07) is 9.75. The zero-order chi connectivity index (χ0) is 10.9. The third-order valence-electron chi connectivity index (χ3n) is 3.27. The highest BCUT2D eigenvalue weighted by atomic mass is 16.5. The summed E-state index contributed by atoms with van der Waals surface area (Å²) in [5, 5.41) is 9.09. The molecule has 0 amide bonds. The van der Waals surface area contributed by atoms with Crippen molar-refractivity contribution in [3.63, 3.8) is 0 Å². The fourth-order valence-electron chi connectivity index (χ4n) is 2.00. The first-order valence-corrected chi connectivity index (χ1v) is 5.03. The van der Waals surface area contributed by atoms with Gasteiger partial charge in [-0.2, -0.15) is 0 Å². The van der Waals surface area contributed by atoms with Crippen LogP contribution in [0.25, 0.3) is 0 Å². The minimum atomic E-state index is -0.762. The van der Waals surface area contributed by atoms with Crippen LogP contribution in [-0.4, -0.2) is 24.3 Å². The Kier molecular flexibility index (Phi) is 2.49. The molecule has 1 aromatic carbocycles. The predicted molar refractivity (Wildman–Crippen MR) is 55.7 cm³/mol. The number of carboxylic acid groups (broad SMARTS) is 1. The van der Waals surface area contributed by atoms with E-state index >= 15 is 0 Å². The van der Waals surface area contributed by atoms with E-state index in [9.17, 15) is 4.79 Å². The van der Waals surface area contributed by atoms with E-state index in [-0.39, 0.29) is 5.41 Å². The summed E-state index contributed by atoms with van der Waals surface area (Å²) >= 11 is 0. The molecule has 1 atom stereocenters.